The van der Waals surface area contributed by atoms with Crippen molar-refractivity contribution in [1.29, 1.82) is 0 Å². The van der Waals surface area contributed by atoms with Gasteiger partial charge in [-0.2, -0.15) is 0 Å². The van der Waals surface area contributed by atoms with Gasteiger partial charge >= 0.3 is 39.5 Å². The van der Waals surface area contributed by atoms with E-state index < -0.39 is 97.5 Å². The number of unbranched alkanes of at least 4 members (excludes halogenated alkanes) is 35. The molecule has 0 aliphatic rings. The maximum Gasteiger partial charge on any atom is 0.472 e. The van der Waals surface area contributed by atoms with E-state index in [0.29, 0.717) is 25.7 Å². The summed E-state index contributed by atoms with van der Waals surface area (Å²) in [7, 11) is -9.93. The normalized spacial score (nSPS) is 14.3. The van der Waals surface area contributed by atoms with E-state index in [9.17, 15) is 43.2 Å². The van der Waals surface area contributed by atoms with Crippen molar-refractivity contribution in [2.75, 3.05) is 39.6 Å². The van der Waals surface area contributed by atoms with E-state index in [1.54, 1.807) is 0 Å². The van der Waals surface area contributed by atoms with Crippen molar-refractivity contribution in [3.05, 3.63) is 60.8 Å². The van der Waals surface area contributed by atoms with Crippen molar-refractivity contribution < 1.29 is 80.2 Å². The Kier molecular flexibility index (Phi) is 65.9. The first-order valence-corrected chi connectivity index (χ1v) is 40.5. The minimum Gasteiger partial charge on any atom is -0.462 e. The number of aliphatic hydroxyl groups is 1. The van der Waals surface area contributed by atoms with Gasteiger partial charge in [-0.3, -0.25) is 37.3 Å². The number of hydrogen-bond acceptors (Lipinski definition) is 15. The molecule has 0 bridgehead atoms. The van der Waals surface area contributed by atoms with Gasteiger partial charge in [0.2, 0.25) is 0 Å². The summed E-state index contributed by atoms with van der Waals surface area (Å²) in [5, 5.41) is 10.6. The molecule has 0 saturated heterocycles. The van der Waals surface area contributed by atoms with E-state index in [4.69, 9.17) is 37.0 Å². The number of carbonyl (C=O) groups excluding carboxylic acids is 4. The number of esters is 4. The number of rotatable bonds is 71. The third-order valence-corrected chi connectivity index (χ3v) is 17.9. The summed E-state index contributed by atoms with van der Waals surface area (Å²) in [5.74, 6) is -2.17. The maximum absolute atomic E-state index is 13.0. The van der Waals surface area contributed by atoms with Crippen molar-refractivity contribution in [3.8, 4) is 0 Å². The molecule has 0 radical (unpaired) electrons. The first-order chi connectivity index (χ1) is 45.7. The van der Waals surface area contributed by atoms with Crippen molar-refractivity contribution in [1.82, 2.24) is 0 Å². The third kappa shape index (κ3) is 67.3. The molecule has 17 nitrogen and oxygen atoms in total. The van der Waals surface area contributed by atoms with Gasteiger partial charge in [0.1, 0.15) is 19.3 Å². The van der Waals surface area contributed by atoms with Gasteiger partial charge in [0.25, 0.3) is 0 Å². The highest BCUT2D eigenvalue weighted by molar-refractivity contribution is 7.47. The molecule has 0 aromatic rings. The summed E-state index contributed by atoms with van der Waals surface area (Å²) >= 11 is 0. The summed E-state index contributed by atoms with van der Waals surface area (Å²) in [6.45, 7) is 4.71. The van der Waals surface area contributed by atoms with Gasteiger partial charge in [-0.1, -0.05) is 288 Å². The Labute approximate surface area is 571 Å². The maximum atomic E-state index is 13.0. The van der Waals surface area contributed by atoms with Crippen LogP contribution in [0.2, 0.25) is 0 Å². The highest BCUT2D eigenvalue weighted by Crippen LogP contribution is 2.45. The highest BCUT2D eigenvalue weighted by Gasteiger charge is 2.30. The van der Waals surface area contributed by atoms with Crippen LogP contribution in [0.4, 0.5) is 0 Å². The Hall–Kier alpha value is -3.24. The summed E-state index contributed by atoms with van der Waals surface area (Å²) in [4.78, 5) is 72.7. The first kappa shape index (κ1) is 90.8. The van der Waals surface area contributed by atoms with Crippen LogP contribution in [-0.2, 0) is 65.4 Å². The smallest absolute Gasteiger partial charge is 0.462 e. The Morgan fingerprint density at radius 3 is 0.894 bits per heavy atom. The van der Waals surface area contributed by atoms with Gasteiger partial charge in [-0.05, 0) is 83.5 Å². The van der Waals surface area contributed by atoms with E-state index in [-0.39, 0.29) is 25.7 Å². The van der Waals surface area contributed by atoms with Gasteiger partial charge in [-0.25, -0.2) is 9.13 Å². The summed E-state index contributed by atoms with van der Waals surface area (Å²) in [6, 6.07) is 0. The van der Waals surface area contributed by atoms with Crippen LogP contribution in [0.1, 0.15) is 336 Å². The summed E-state index contributed by atoms with van der Waals surface area (Å²) in [5.41, 5.74) is 0. The molecule has 0 aromatic carbocycles. The molecule has 19 heteroatoms. The molecule has 0 heterocycles. The molecule has 0 fully saturated rings. The van der Waals surface area contributed by atoms with Gasteiger partial charge in [0.05, 0.1) is 26.4 Å². The van der Waals surface area contributed by atoms with E-state index in [1.165, 1.54) is 96.3 Å². The zero-order chi connectivity index (χ0) is 69.0. The predicted molar refractivity (Wildman–Crippen MR) is 381 cm³/mol. The van der Waals surface area contributed by atoms with Gasteiger partial charge < -0.3 is 33.8 Å². The standard InChI is InChI=1S/C75H136O17P2/c1-5-9-13-17-21-25-29-32-33-34-35-38-41-44-48-52-56-60-73(78)86-66-71(92-75(80)62-58-54-50-46-42-37-31-27-23-19-15-11-7-3)68-90-94(83,84)88-64-69(76)63-87-93(81,82)89-67-70(91-74(79)61-57-53-49-45-39-28-24-20-16-12-8-4)65-85-72(77)59-55-51-47-43-40-36-30-26-22-18-14-10-6-2/h9,13,15,19,21,25,27,31-33,69-71,76H,5-8,10-12,14,16-18,20,22-24,26,28-30,34-68H2,1-4H3,(H,81,82)(H,83,84)/b13-9-,19-15-,25-21-,31-27-,33-32-. The van der Waals surface area contributed by atoms with Crippen LogP contribution < -0.4 is 0 Å². The lowest BCUT2D eigenvalue weighted by atomic mass is 10.0. The molecule has 0 saturated carbocycles. The Morgan fingerprint density at radius 1 is 0.309 bits per heavy atom. The number of phosphoric ester groups is 2. The molecule has 0 aromatic heterocycles. The molecule has 0 rings (SSSR count). The number of phosphoric acid groups is 2. The fraction of sp³-hybridized carbons (Fsp3) is 0.813. The van der Waals surface area contributed by atoms with Crippen LogP contribution in [0.3, 0.4) is 0 Å². The predicted octanol–water partition coefficient (Wildman–Crippen LogP) is 21.1. The van der Waals surface area contributed by atoms with Crippen LogP contribution in [0.15, 0.2) is 60.8 Å². The molecule has 5 atom stereocenters. The van der Waals surface area contributed by atoms with Crippen LogP contribution in [-0.4, -0.2) is 96.7 Å². The lowest BCUT2D eigenvalue weighted by molar-refractivity contribution is -0.161. The average Bonchev–Trinajstić information content (AvgIpc) is 2.15. The van der Waals surface area contributed by atoms with E-state index in [2.05, 4.69) is 88.5 Å². The number of allylic oxidation sites excluding steroid dienone is 10. The topological polar surface area (TPSA) is 237 Å². The van der Waals surface area contributed by atoms with Crippen molar-refractivity contribution >= 4 is 39.5 Å². The average molecular weight is 1370 g/mol. The lowest BCUT2D eigenvalue weighted by Crippen LogP contribution is -2.30. The van der Waals surface area contributed by atoms with Gasteiger partial charge in [-0.15, -0.1) is 0 Å². The van der Waals surface area contributed by atoms with E-state index in [0.717, 1.165) is 161 Å². The molecule has 94 heavy (non-hydrogen) atoms. The third-order valence-electron chi connectivity index (χ3n) is 16.0. The Balaban J connectivity index is 5.29. The Morgan fingerprint density at radius 2 is 0.574 bits per heavy atom. The van der Waals surface area contributed by atoms with Gasteiger partial charge in [0.15, 0.2) is 12.2 Å². The van der Waals surface area contributed by atoms with Crippen molar-refractivity contribution in [3.63, 3.8) is 0 Å². The molecule has 5 unspecified atom stereocenters. The second kappa shape index (κ2) is 68.3. The molecule has 0 aliphatic carbocycles. The zero-order valence-corrected chi connectivity index (χ0v) is 61.4. The van der Waals surface area contributed by atoms with Crippen LogP contribution in [0.5, 0.6) is 0 Å². The molecule has 0 aliphatic heterocycles. The quantitative estimate of drug-likeness (QED) is 0.0169. The molecule has 0 amide bonds. The molecule has 3 N–H and O–H groups in total. The fourth-order valence-corrected chi connectivity index (χ4v) is 11.9. The number of ether oxygens (including phenoxy) is 4. The van der Waals surface area contributed by atoms with Crippen LogP contribution in [0, 0.1) is 0 Å². The lowest BCUT2D eigenvalue weighted by Gasteiger charge is -2.21. The van der Waals surface area contributed by atoms with E-state index >= 15 is 0 Å². The number of carbonyl (C=O) groups is 4. The fourth-order valence-electron chi connectivity index (χ4n) is 10.3. The highest BCUT2D eigenvalue weighted by atomic mass is 31.2. The number of aliphatic hydroxyl groups excluding tert-OH is 1. The van der Waals surface area contributed by atoms with Crippen molar-refractivity contribution in [2.24, 2.45) is 0 Å². The second-order valence-electron chi connectivity index (χ2n) is 25.2. The summed E-state index contributed by atoms with van der Waals surface area (Å²) in [6.07, 6.45) is 65.0. The molecule has 0 spiro atoms. The second-order valence-corrected chi connectivity index (χ2v) is 28.1. The largest absolute Gasteiger partial charge is 0.472 e. The molecular formula is C75H136O17P2. The monoisotopic (exact) mass is 1370 g/mol. The molecule has 548 valence electrons. The molecular weight excluding hydrogens is 1230 g/mol. The van der Waals surface area contributed by atoms with Crippen LogP contribution >= 0.6 is 15.6 Å². The minimum absolute atomic E-state index is 0.0797. The van der Waals surface area contributed by atoms with Crippen molar-refractivity contribution in [2.45, 2.75) is 354 Å². The zero-order valence-electron chi connectivity index (χ0n) is 59.6. The first-order valence-electron chi connectivity index (χ1n) is 37.5. The minimum atomic E-state index is -4.97. The summed E-state index contributed by atoms with van der Waals surface area (Å²) < 4.78 is 68.4. The number of hydrogen-bond donors (Lipinski definition) is 3. The SMILES string of the molecule is CC/C=C\C/C=C\C/C=C\CCCCCCCCCC(=O)OCC(COP(=O)(O)OCC(O)COP(=O)(O)OCC(COC(=O)CCCCCCCCCCCCCCC)OC(=O)CCCCCCCCCCCCC)OC(=O)CCCCCCC/C=C\C/C=C\CCC. The Bertz CT molecular complexity index is 2030. The van der Waals surface area contributed by atoms with E-state index in [1.807, 2.05) is 0 Å². The van der Waals surface area contributed by atoms with Gasteiger partial charge in [0, 0.05) is 25.7 Å². The van der Waals surface area contributed by atoms with Crippen LogP contribution in [0.25, 0.3) is 0 Å².